The van der Waals surface area contributed by atoms with Crippen LogP contribution < -0.4 is 5.32 Å². The van der Waals surface area contributed by atoms with Gasteiger partial charge in [-0.1, -0.05) is 56.3 Å². The molecule has 0 aliphatic heterocycles. The zero-order valence-corrected chi connectivity index (χ0v) is 15.7. The van der Waals surface area contributed by atoms with Crippen molar-refractivity contribution in [2.45, 2.75) is 26.4 Å². The van der Waals surface area contributed by atoms with Gasteiger partial charge in [-0.15, -0.1) is 0 Å². The van der Waals surface area contributed by atoms with Crippen LogP contribution in [0.4, 0.5) is 0 Å². The molecule has 0 aliphatic rings. The van der Waals surface area contributed by atoms with Crippen LogP contribution in [0.1, 0.15) is 41.4 Å². The zero-order valence-electron chi connectivity index (χ0n) is 15.7. The Morgan fingerprint density at radius 3 is 2.11 bits per heavy atom. The smallest absolute Gasteiger partial charge is 0.330 e. The lowest BCUT2D eigenvalue weighted by Crippen LogP contribution is -2.33. The first-order valence-electron chi connectivity index (χ1n) is 8.72. The molecule has 2 aromatic rings. The normalized spacial score (nSPS) is 11.7. The fourth-order valence-corrected chi connectivity index (χ4v) is 2.70. The van der Waals surface area contributed by atoms with Gasteiger partial charge in [-0.3, -0.25) is 9.59 Å². The van der Waals surface area contributed by atoms with E-state index in [2.05, 4.69) is 5.32 Å². The zero-order chi connectivity index (χ0) is 20.0. The molecule has 2 rings (SSSR count). The van der Waals surface area contributed by atoms with E-state index in [1.54, 1.807) is 66.5 Å². The summed E-state index contributed by atoms with van der Waals surface area (Å²) in [6.07, 6.45) is 0. The third-order valence-corrected chi connectivity index (χ3v) is 4.16. The fraction of sp³-hybridized carbons (Fsp3) is 0.286. The second kappa shape index (κ2) is 8.98. The number of hydrogen-bond acceptors (Lipinski definition) is 3. The summed E-state index contributed by atoms with van der Waals surface area (Å²) in [6.45, 7) is 4.14. The molecule has 1 atom stereocenters. The highest BCUT2D eigenvalue weighted by molar-refractivity contribution is 5.96. The number of carbonyl (C=O) groups excluding carboxylic acids is 2. The summed E-state index contributed by atoms with van der Waals surface area (Å²) in [5.41, 5.74) is 1.75. The average molecular weight is 368 g/mol. The van der Waals surface area contributed by atoms with Gasteiger partial charge in [0.2, 0.25) is 5.91 Å². The summed E-state index contributed by atoms with van der Waals surface area (Å²) >= 11 is 0. The summed E-state index contributed by atoms with van der Waals surface area (Å²) in [5, 5.41) is 11.9. The van der Waals surface area contributed by atoms with E-state index in [0.717, 1.165) is 5.56 Å². The number of nitrogens with zero attached hydrogens (tertiary/aromatic N) is 1. The molecule has 6 nitrogen and oxygen atoms in total. The Labute approximate surface area is 158 Å². The van der Waals surface area contributed by atoms with Gasteiger partial charge in [0.25, 0.3) is 5.91 Å². The number of carbonyl (C=O) groups is 3. The molecule has 6 heteroatoms. The molecule has 0 saturated carbocycles. The summed E-state index contributed by atoms with van der Waals surface area (Å²) < 4.78 is 0. The molecule has 0 bridgehead atoms. The number of nitrogens with one attached hydrogen (secondary N) is 1. The quantitative estimate of drug-likeness (QED) is 0.787. The molecule has 0 fully saturated rings. The predicted molar refractivity (Wildman–Crippen MR) is 102 cm³/mol. The molecular weight excluding hydrogens is 344 g/mol. The molecular formula is C21H24N2O4. The first-order valence-corrected chi connectivity index (χ1v) is 8.72. The molecule has 27 heavy (non-hydrogen) atoms. The fourth-order valence-electron chi connectivity index (χ4n) is 2.70. The van der Waals surface area contributed by atoms with Crippen molar-refractivity contribution in [1.29, 1.82) is 0 Å². The first kappa shape index (κ1) is 20.2. The lowest BCUT2D eigenvalue weighted by molar-refractivity contribution is -0.139. The lowest BCUT2D eigenvalue weighted by atomic mass is 10.1. The maximum Gasteiger partial charge on any atom is 0.330 e. The van der Waals surface area contributed by atoms with Gasteiger partial charge in [0, 0.05) is 25.1 Å². The van der Waals surface area contributed by atoms with E-state index in [1.807, 2.05) is 13.8 Å². The number of rotatable bonds is 7. The van der Waals surface area contributed by atoms with Gasteiger partial charge in [-0.2, -0.15) is 0 Å². The minimum Gasteiger partial charge on any atom is -0.479 e. The van der Waals surface area contributed by atoms with Crippen molar-refractivity contribution in [3.8, 4) is 0 Å². The maximum absolute atomic E-state index is 12.4. The van der Waals surface area contributed by atoms with E-state index in [1.165, 1.54) is 0 Å². The van der Waals surface area contributed by atoms with Crippen LogP contribution in [0.15, 0.2) is 54.6 Å². The Morgan fingerprint density at radius 1 is 1.00 bits per heavy atom. The molecule has 2 N–H and O–H groups in total. The Bertz CT molecular complexity index is 801. The Hall–Kier alpha value is -3.15. The minimum absolute atomic E-state index is 0.0454. The predicted octanol–water partition coefficient (Wildman–Crippen LogP) is 2.86. The summed E-state index contributed by atoms with van der Waals surface area (Å²) in [7, 11) is 1.74. The monoisotopic (exact) mass is 368 g/mol. The first-order chi connectivity index (χ1) is 12.8. The van der Waals surface area contributed by atoms with E-state index < -0.39 is 17.9 Å². The van der Waals surface area contributed by atoms with Gasteiger partial charge >= 0.3 is 5.97 Å². The second-order valence-corrected chi connectivity index (χ2v) is 6.70. The van der Waals surface area contributed by atoms with Gasteiger partial charge in [-0.05, 0) is 23.3 Å². The number of benzene rings is 2. The Balaban J connectivity index is 2.06. The number of amides is 2. The summed E-state index contributed by atoms with van der Waals surface area (Å²) in [5.74, 6) is -1.63. The van der Waals surface area contributed by atoms with Crippen molar-refractivity contribution in [3.05, 3.63) is 71.3 Å². The average Bonchev–Trinajstić information content (AvgIpc) is 2.66. The van der Waals surface area contributed by atoms with E-state index in [9.17, 15) is 19.5 Å². The van der Waals surface area contributed by atoms with Crippen molar-refractivity contribution < 1.29 is 19.5 Å². The highest BCUT2D eigenvalue weighted by atomic mass is 16.4. The molecule has 0 spiro atoms. The van der Waals surface area contributed by atoms with Crippen LogP contribution in [0, 0.1) is 5.92 Å². The SMILES string of the molecule is CC(C)C(=O)N(C)Cc1ccc(C(=O)NC(C(=O)O)c2ccccc2)cc1. The Morgan fingerprint density at radius 2 is 1.59 bits per heavy atom. The van der Waals surface area contributed by atoms with Crippen LogP contribution in [0.5, 0.6) is 0 Å². The number of carboxylic acids is 1. The van der Waals surface area contributed by atoms with Crippen molar-refractivity contribution in [3.63, 3.8) is 0 Å². The highest BCUT2D eigenvalue weighted by Crippen LogP contribution is 2.15. The molecule has 0 heterocycles. The minimum atomic E-state index is -1.13. The van der Waals surface area contributed by atoms with Crippen molar-refractivity contribution in [2.75, 3.05) is 7.05 Å². The third kappa shape index (κ3) is 5.41. The van der Waals surface area contributed by atoms with Crippen LogP contribution >= 0.6 is 0 Å². The molecule has 0 aromatic heterocycles. The molecule has 1 unspecified atom stereocenters. The van der Waals surface area contributed by atoms with Gasteiger partial charge in [-0.25, -0.2) is 4.79 Å². The van der Waals surface area contributed by atoms with Crippen LogP contribution in [0.25, 0.3) is 0 Å². The topological polar surface area (TPSA) is 86.7 Å². The molecule has 142 valence electrons. The Kier molecular flexibility index (Phi) is 6.71. The van der Waals surface area contributed by atoms with Gasteiger partial charge in [0.1, 0.15) is 0 Å². The van der Waals surface area contributed by atoms with Crippen molar-refractivity contribution in [2.24, 2.45) is 5.92 Å². The molecule has 0 radical (unpaired) electrons. The largest absolute Gasteiger partial charge is 0.479 e. The van der Waals surface area contributed by atoms with Gasteiger partial charge < -0.3 is 15.3 Å². The summed E-state index contributed by atoms with van der Waals surface area (Å²) in [4.78, 5) is 37.5. The van der Waals surface area contributed by atoms with E-state index in [4.69, 9.17) is 0 Å². The molecule has 2 aromatic carbocycles. The highest BCUT2D eigenvalue weighted by Gasteiger charge is 2.22. The van der Waals surface area contributed by atoms with Crippen LogP contribution in [-0.2, 0) is 16.1 Å². The summed E-state index contributed by atoms with van der Waals surface area (Å²) in [6, 6.07) is 14.2. The van der Waals surface area contributed by atoms with Crippen LogP contribution in [0.3, 0.4) is 0 Å². The van der Waals surface area contributed by atoms with E-state index >= 15 is 0 Å². The molecule has 0 aliphatic carbocycles. The van der Waals surface area contributed by atoms with Gasteiger partial charge in [0.15, 0.2) is 6.04 Å². The second-order valence-electron chi connectivity index (χ2n) is 6.70. The van der Waals surface area contributed by atoms with E-state index in [0.29, 0.717) is 17.7 Å². The lowest BCUT2D eigenvalue weighted by Gasteiger charge is -2.19. The van der Waals surface area contributed by atoms with Gasteiger partial charge in [0.05, 0.1) is 0 Å². The maximum atomic E-state index is 12.4. The standard InChI is InChI=1S/C21H24N2O4/c1-14(2)20(25)23(3)13-15-9-11-17(12-10-15)19(24)22-18(21(26)27)16-7-5-4-6-8-16/h4-12,14,18H,13H2,1-3H3,(H,22,24)(H,26,27). The third-order valence-electron chi connectivity index (χ3n) is 4.16. The van der Waals surface area contributed by atoms with Crippen LogP contribution in [0.2, 0.25) is 0 Å². The number of carboxylic acid groups (broad SMARTS) is 1. The molecule has 2 amide bonds. The molecule has 0 saturated heterocycles. The van der Waals surface area contributed by atoms with Crippen LogP contribution in [-0.4, -0.2) is 34.8 Å². The van der Waals surface area contributed by atoms with Crippen molar-refractivity contribution >= 4 is 17.8 Å². The van der Waals surface area contributed by atoms with E-state index in [-0.39, 0.29) is 11.8 Å². The number of aliphatic carboxylic acids is 1. The number of hydrogen-bond donors (Lipinski definition) is 2. The van der Waals surface area contributed by atoms with Crippen molar-refractivity contribution in [1.82, 2.24) is 10.2 Å².